The molecule has 0 saturated heterocycles. The van der Waals surface area contributed by atoms with E-state index in [0.29, 0.717) is 16.9 Å². The summed E-state index contributed by atoms with van der Waals surface area (Å²) in [6.07, 6.45) is -2.52. The average Bonchev–Trinajstić information content (AvgIpc) is 3.24. The van der Waals surface area contributed by atoms with Gasteiger partial charge in [0.2, 0.25) is 0 Å². The number of hydrogen-bond acceptors (Lipinski definition) is 6. The van der Waals surface area contributed by atoms with Crippen LogP contribution in [0.3, 0.4) is 0 Å². The van der Waals surface area contributed by atoms with Gasteiger partial charge in [0.05, 0.1) is 29.2 Å². The van der Waals surface area contributed by atoms with Crippen molar-refractivity contribution in [2.45, 2.75) is 44.4 Å². The fraction of sp³-hybridized carbons (Fsp3) is 0.250. The van der Waals surface area contributed by atoms with Crippen molar-refractivity contribution in [3.8, 4) is 28.9 Å². The molecule has 2 aromatic carbocycles. The number of nitrogens with one attached hydrogen (secondary N) is 1. The van der Waals surface area contributed by atoms with Crippen molar-refractivity contribution in [2.24, 2.45) is 0 Å². The number of aromatic nitrogens is 3. The molecule has 2 unspecified atom stereocenters. The Balaban J connectivity index is 1.66. The minimum absolute atomic E-state index is 0.104. The van der Waals surface area contributed by atoms with Gasteiger partial charge >= 0.3 is 0 Å². The van der Waals surface area contributed by atoms with Crippen LogP contribution in [0, 0.1) is 18.3 Å². The fourth-order valence-electron chi connectivity index (χ4n) is 5.39. The van der Waals surface area contributed by atoms with Crippen LogP contribution in [0.15, 0.2) is 70.3 Å². The van der Waals surface area contributed by atoms with Crippen LogP contribution in [-0.2, 0) is 6.54 Å². The molecule has 4 N–H and O–H groups in total. The molecule has 37 heavy (non-hydrogen) atoms. The lowest BCUT2D eigenvalue weighted by Gasteiger charge is -2.47. The van der Waals surface area contributed by atoms with Crippen LogP contribution in [0.5, 0.6) is 5.88 Å². The number of rotatable bonds is 5. The Morgan fingerprint density at radius 3 is 2.05 bits per heavy atom. The molecule has 1 aliphatic rings. The number of benzene rings is 2. The summed E-state index contributed by atoms with van der Waals surface area (Å²) < 4.78 is 2.42. The normalized spacial score (nSPS) is 20.8. The Kier molecular flexibility index (Phi) is 6.07. The molecule has 0 spiro atoms. The van der Waals surface area contributed by atoms with Crippen molar-refractivity contribution in [3.05, 3.63) is 104 Å². The van der Waals surface area contributed by atoms with Gasteiger partial charge in [-0.15, -0.1) is 0 Å². The highest BCUT2D eigenvalue weighted by Gasteiger charge is 2.54. The summed E-state index contributed by atoms with van der Waals surface area (Å²) in [4.78, 5) is 26.3. The van der Waals surface area contributed by atoms with Gasteiger partial charge in [-0.3, -0.25) is 19.3 Å². The quantitative estimate of drug-likeness (QED) is 0.333. The summed E-state index contributed by atoms with van der Waals surface area (Å²) in [5, 5.41) is 46.3. The molecule has 2 aromatic heterocycles. The first-order valence-corrected chi connectivity index (χ1v) is 12.0. The van der Waals surface area contributed by atoms with Gasteiger partial charge in [-0.05, 0) is 37.1 Å². The van der Waals surface area contributed by atoms with Gasteiger partial charge < -0.3 is 15.3 Å². The van der Waals surface area contributed by atoms with Crippen LogP contribution in [0.1, 0.15) is 41.0 Å². The number of aliphatic hydroxyl groups excluding tert-OH is 2. The van der Waals surface area contributed by atoms with E-state index in [0.717, 1.165) is 4.57 Å². The van der Waals surface area contributed by atoms with Crippen molar-refractivity contribution in [1.29, 1.82) is 5.26 Å². The molecule has 188 valence electrons. The van der Waals surface area contributed by atoms with Crippen LogP contribution < -0.4 is 11.1 Å². The van der Waals surface area contributed by atoms with Crippen molar-refractivity contribution < 1.29 is 15.3 Å². The zero-order chi connectivity index (χ0) is 26.4. The van der Waals surface area contributed by atoms with Gasteiger partial charge in [0.1, 0.15) is 11.6 Å². The molecular formula is C28H26N4O5. The van der Waals surface area contributed by atoms with Crippen LogP contribution in [0.4, 0.5) is 0 Å². The van der Waals surface area contributed by atoms with Crippen molar-refractivity contribution >= 4 is 0 Å². The molecule has 9 heteroatoms. The second-order valence-corrected chi connectivity index (χ2v) is 9.17. The highest BCUT2D eigenvalue weighted by molar-refractivity contribution is 5.65. The Hall–Kier alpha value is -4.39. The number of para-hydroxylation sites is 1. The third-order valence-corrected chi connectivity index (χ3v) is 7.30. The number of aliphatic hydroxyl groups is 2. The van der Waals surface area contributed by atoms with E-state index in [1.807, 2.05) is 42.5 Å². The maximum absolute atomic E-state index is 13.7. The van der Waals surface area contributed by atoms with Crippen LogP contribution >= 0.6 is 0 Å². The Bertz CT molecular complexity index is 1620. The SMILES string of the molecule is CCn1c(O)c(C2C(O)C(c3c(-c4ccccc4)[nH]n(-c4ccccc4)c3=O)C2O)c(C)c(C#N)c1=O. The monoisotopic (exact) mass is 498 g/mol. The smallest absolute Gasteiger partial charge is 0.275 e. The molecule has 9 nitrogen and oxygen atoms in total. The molecule has 2 atom stereocenters. The lowest BCUT2D eigenvalue weighted by molar-refractivity contribution is -0.0798. The van der Waals surface area contributed by atoms with Crippen molar-refractivity contribution in [2.75, 3.05) is 0 Å². The lowest BCUT2D eigenvalue weighted by Crippen LogP contribution is -2.53. The summed E-state index contributed by atoms with van der Waals surface area (Å²) in [6, 6.07) is 20.0. The first kappa shape index (κ1) is 24.3. The number of nitrogens with zero attached hydrogens (tertiary/aromatic N) is 3. The third-order valence-electron chi connectivity index (χ3n) is 7.30. The number of pyridine rings is 1. The molecule has 0 aliphatic heterocycles. The number of hydrogen-bond donors (Lipinski definition) is 4. The van der Waals surface area contributed by atoms with E-state index >= 15 is 0 Å². The fourth-order valence-corrected chi connectivity index (χ4v) is 5.39. The predicted molar refractivity (Wildman–Crippen MR) is 137 cm³/mol. The zero-order valence-corrected chi connectivity index (χ0v) is 20.3. The number of aromatic hydroxyl groups is 1. The van der Waals surface area contributed by atoms with E-state index in [-0.39, 0.29) is 28.8 Å². The van der Waals surface area contributed by atoms with Crippen LogP contribution in [0.2, 0.25) is 0 Å². The second kappa shape index (κ2) is 9.24. The summed E-state index contributed by atoms with van der Waals surface area (Å²) >= 11 is 0. The molecular weight excluding hydrogens is 472 g/mol. The lowest BCUT2D eigenvalue weighted by atomic mass is 9.62. The Morgan fingerprint density at radius 1 is 0.919 bits per heavy atom. The van der Waals surface area contributed by atoms with E-state index < -0.39 is 41.0 Å². The second-order valence-electron chi connectivity index (χ2n) is 9.17. The minimum Gasteiger partial charge on any atom is -0.494 e. The number of aromatic amines is 1. The van der Waals surface area contributed by atoms with E-state index in [9.17, 15) is 30.2 Å². The molecule has 2 heterocycles. The first-order chi connectivity index (χ1) is 17.8. The molecule has 4 aromatic rings. The number of H-pyrrole nitrogens is 1. The van der Waals surface area contributed by atoms with Crippen LogP contribution in [0.25, 0.3) is 16.9 Å². The third kappa shape index (κ3) is 3.61. The first-order valence-electron chi connectivity index (χ1n) is 12.0. The summed E-state index contributed by atoms with van der Waals surface area (Å²) in [5.41, 5.74) is 1.12. The van der Waals surface area contributed by atoms with Gasteiger partial charge in [-0.25, -0.2) is 4.68 Å². The van der Waals surface area contributed by atoms with E-state index in [1.54, 1.807) is 31.2 Å². The molecule has 5 rings (SSSR count). The van der Waals surface area contributed by atoms with Crippen molar-refractivity contribution in [3.63, 3.8) is 0 Å². The molecule has 1 fully saturated rings. The molecule has 1 saturated carbocycles. The molecule has 0 amide bonds. The molecule has 0 bridgehead atoms. The van der Waals surface area contributed by atoms with E-state index in [2.05, 4.69) is 5.10 Å². The van der Waals surface area contributed by atoms with E-state index in [4.69, 9.17) is 0 Å². The minimum atomic E-state index is -1.26. The van der Waals surface area contributed by atoms with E-state index in [1.165, 1.54) is 11.6 Å². The molecule has 0 radical (unpaired) electrons. The largest absolute Gasteiger partial charge is 0.494 e. The van der Waals surface area contributed by atoms with Gasteiger partial charge in [0.25, 0.3) is 11.1 Å². The van der Waals surface area contributed by atoms with Crippen LogP contribution in [-0.4, -0.2) is 41.9 Å². The summed E-state index contributed by atoms with van der Waals surface area (Å²) in [6.45, 7) is 3.26. The van der Waals surface area contributed by atoms with Gasteiger partial charge in [-0.1, -0.05) is 48.5 Å². The number of nitriles is 1. The topological polar surface area (TPSA) is 144 Å². The highest BCUT2D eigenvalue weighted by atomic mass is 16.3. The van der Waals surface area contributed by atoms with Gasteiger partial charge in [-0.2, -0.15) is 5.26 Å². The van der Waals surface area contributed by atoms with Gasteiger partial charge in [0.15, 0.2) is 5.88 Å². The standard InChI is InChI=1S/C28H26N4O5/c1-3-31-26(35)18(14-29)15(2)19(27(31)36)21-24(33)22(25(21)34)20-23(16-10-6-4-7-11-16)30-32(28(20)37)17-12-8-5-9-13-17/h4-13,21-22,24-25,30,33-34,36H,3H2,1-2H3. The maximum Gasteiger partial charge on any atom is 0.275 e. The Labute approximate surface area is 212 Å². The highest BCUT2D eigenvalue weighted by Crippen LogP contribution is 2.51. The Morgan fingerprint density at radius 2 is 1.49 bits per heavy atom. The summed E-state index contributed by atoms with van der Waals surface area (Å²) in [5.74, 6) is -2.37. The predicted octanol–water partition coefficient (Wildman–Crippen LogP) is 2.50. The summed E-state index contributed by atoms with van der Waals surface area (Å²) in [7, 11) is 0. The average molecular weight is 499 g/mol. The van der Waals surface area contributed by atoms with Crippen molar-refractivity contribution in [1.82, 2.24) is 14.3 Å². The maximum atomic E-state index is 13.7. The van der Waals surface area contributed by atoms with Gasteiger partial charge in [0, 0.05) is 23.9 Å². The molecule has 1 aliphatic carbocycles. The zero-order valence-electron chi connectivity index (χ0n) is 20.3.